The van der Waals surface area contributed by atoms with Gasteiger partial charge < -0.3 is 14.8 Å². The molecular formula is C18H24FNO3. The second kappa shape index (κ2) is 7.41. The predicted octanol–water partition coefficient (Wildman–Crippen LogP) is 2.98. The minimum atomic E-state index is -0.513. The van der Waals surface area contributed by atoms with Crippen LogP contribution in [0.1, 0.15) is 44.2 Å². The molecule has 0 unspecified atom stereocenters. The van der Waals surface area contributed by atoms with E-state index >= 15 is 0 Å². The van der Waals surface area contributed by atoms with Gasteiger partial charge in [-0.1, -0.05) is 12.1 Å². The van der Waals surface area contributed by atoms with E-state index in [2.05, 4.69) is 5.32 Å². The number of benzene rings is 1. The molecule has 2 fully saturated rings. The summed E-state index contributed by atoms with van der Waals surface area (Å²) in [6, 6.07) is 6.31. The average Bonchev–Trinajstić information content (AvgIpc) is 3.26. The normalized spacial score (nSPS) is 23.5. The molecule has 2 aliphatic rings. The lowest BCUT2D eigenvalue weighted by molar-refractivity contribution is -0.134. The van der Waals surface area contributed by atoms with Crippen LogP contribution in [-0.4, -0.2) is 31.3 Å². The summed E-state index contributed by atoms with van der Waals surface area (Å²) in [6.45, 7) is 3.00. The molecule has 0 spiro atoms. The van der Waals surface area contributed by atoms with Crippen LogP contribution in [0, 0.1) is 11.7 Å². The molecule has 1 aromatic rings. The Bertz CT molecular complexity index is 524. The molecule has 5 heteroatoms. The van der Waals surface area contributed by atoms with Gasteiger partial charge in [0, 0.05) is 6.61 Å². The maximum absolute atomic E-state index is 13.1. The van der Waals surface area contributed by atoms with E-state index in [1.54, 1.807) is 19.1 Å². The van der Waals surface area contributed by atoms with Gasteiger partial charge in [0.05, 0.1) is 18.8 Å². The number of halogens is 1. The highest BCUT2D eigenvalue weighted by molar-refractivity contribution is 5.80. The summed E-state index contributed by atoms with van der Waals surface area (Å²) in [5.74, 6) is 0.0573. The van der Waals surface area contributed by atoms with Gasteiger partial charge in [0.2, 0.25) is 5.91 Å². The maximum atomic E-state index is 13.1. The Morgan fingerprint density at radius 3 is 2.70 bits per heavy atom. The highest BCUT2D eigenvalue weighted by Crippen LogP contribution is 2.41. The fourth-order valence-corrected chi connectivity index (χ4v) is 2.95. The number of hydrogen-bond donors (Lipinski definition) is 1. The summed E-state index contributed by atoms with van der Waals surface area (Å²) in [5.41, 5.74) is 0.952. The summed E-state index contributed by atoms with van der Waals surface area (Å²) in [6.07, 6.45) is 3.83. The Labute approximate surface area is 136 Å². The molecule has 1 aliphatic carbocycles. The molecule has 4 nitrogen and oxygen atoms in total. The van der Waals surface area contributed by atoms with Crippen LogP contribution in [0.4, 0.5) is 4.39 Å². The third-order valence-corrected chi connectivity index (χ3v) is 4.55. The molecule has 1 amide bonds. The molecule has 1 heterocycles. The first-order valence-corrected chi connectivity index (χ1v) is 8.42. The van der Waals surface area contributed by atoms with Crippen molar-refractivity contribution in [1.29, 1.82) is 0 Å². The van der Waals surface area contributed by atoms with Crippen molar-refractivity contribution in [1.82, 2.24) is 5.32 Å². The van der Waals surface area contributed by atoms with Crippen LogP contribution in [0.3, 0.4) is 0 Å². The third-order valence-electron chi connectivity index (χ3n) is 4.55. The molecule has 0 aromatic heterocycles. The second-order valence-electron chi connectivity index (χ2n) is 6.49. The molecule has 3 atom stereocenters. The molecular weight excluding hydrogens is 297 g/mol. The van der Waals surface area contributed by atoms with Crippen molar-refractivity contribution in [3.63, 3.8) is 0 Å². The van der Waals surface area contributed by atoms with Crippen molar-refractivity contribution >= 4 is 5.91 Å². The van der Waals surface area contributed by atoms with Crippen molar-refractivity contribution in [2.24, 2.45) is 5.92 Å². The van der Waals surface area contributed by atoms with Crippen LogP contribution in [-0.2, 0) is 14.3 Å². The fourth-order valence-electron chi connectivity index (χ4n) is 2.95. The number of carbonyl (C=O) groups excluding carboxylic acids is 1. The molecule has 1 saturated heterocycles. The van der Waals surface area contributed by atoms with Crippen molar-refractivity contribution in [2.75, 3.05) is 13.2 Å². The number of hydrogen-bond acceptors (Lipinski definition) is 3. The van der Waals surface area contributed by atoms with Crippen molar-refractivity contribution in [3.8, 4) is 0 Å². The predicted molar refractivity (Wildman–Crippen MR) is 84.4 cm³/mol. The molecule has 1 aliphatic heterocycles. The van der Waals surface area contributed by atoms with Gasteiger partial charge in [-0.3, -0.25) is 4.79 Å². The van der Waals surface area contributed by atoms with Gasteiger partial charge in [-0.15, -0.1) is 0 Å². The van der Waals surface area contributed by atoms with Crippen LogP contribution in [0.2, 0.25) is 0 Å². The minimum absolute atomic E-state index is 0.0584. The standard InChI is InChI=1S/C18H24FNO3/c1-12(23-11-16-3-2-10-22-16)18(21)20-17(13-4-5-13)14-6-8-15(19)9-7-14/h6-9,12-13,16-17H,2-5,10-11H2,1H3,(H,20,21)/t12-,16+,17+/m0/s1. The van der Waals surface area contributed by atoms with Gasteiger partial charge in [-0.05, 0) is 56.2 Å². The van der Waals surface area contributed by atoms with Crippen molar-refractivity contribution in [3.05, 3.63) is 35.6 Å². The first-order chi connectivity index (χ1) is 11.1. The molecule has 1 saturated carbocycles. The molecule has 1 N–H and O–H groups in total. The topological polar surface area (TPSA) is 47.6 Å². The van der Waals surface area contributed by atoms with Gasteiger partial charge >= 0.3 is 0 Å². The van der Waals surface area contributed by atoms with E-state index in [1.807, 2.05) is 0 Å². The summed E-state index contributed by atoms with van der Waals surface area (Å²) in [4.78, 5) is 12.4. The van der Waals surface area contributed by atoms with E-state index in [-0.39, 0.29) is 23.9 Å². The number of nitrogens with one attached hydrogen (secondary N) is 1. The third kappa shape index (κ3) is 4.52. The van der Waals surface area contributed by atoms with Gasteiger partial charge in [0.1, 0.15) is 11.9 Å². The second-order valence-corrected chi connectivity index (χ2v) is 6.49. The zero-order chi connectivity index (χ0) is 16.2. The van der Waals surface area contributed by atoms with E-state index in [1.165, 1.54) is 12.1 Å². The highest BCUT2D eigenvalue weighted by Gasteiger charge is 2.34. The van der Waals surface area contributed by atoms with Crippen molar-refractivity contribution in [2.45, 2.75) is 50.9 Å². The Morgan fingerprint density at radius 1 is 1.35 bits per heavy atom. The monoisotopic (exact) mass is 321 g/mol. The molecule has 0 radical (unpaired) electrons. The van der Waals surface area contributed by atoms with Crippen LogP contribution in [0.25, 0.3) is 0 Å². The lowest BCUT2D eigenvalue weighted by atomic mass is 10.0. The molecule has 1 aromatic carbocycles. The average molecular weight is 321 g/mol. The summed E-state index contributed by atoms with van der Waals surface area (Å²) < 4.78 is 24.2. The van der Waals surface area contributed by atoms with E-state index < -0.39 is 6.10 Å². The summed E-state index contributed by atoms with van der Waals surface area (Å²) >= 11 is 0. The quantitative estimate of drug-likeness (QED) is 0.840. The number of amides is 1. The Hall–Kier alpha value is -1.46. The lowest BCUT2D eigenvalue weighted by Crippen LogP contribution is -2.39. The van der Waals surface area contributed by atoms with Crippen LogP contribution in [0.15, 0.2) is 24.3 Å². The number of rotatable bonds is 7. The maximum Gasteiger partial charge on any atom is 0.249 e. The minimum Gasteiger partial charge on any atom is -0.376 e. The highest BCUT2D eigenvalue weighted by atomic mass is 19.1. The van der Waals surface area contributed by atoms with Crippen LogP contribution in [0.5, 0.6) is 0 Å². The summed E-state index contributed by atoms with van der Waals surface area (Å²) in [5, 5.41) is 3.06. The molecule has 126 valence electrons. The van der Waals surface area contributed by atoms with Gasteiger partial charge in [-0.25, -0.2) is 4.39 Å². The summed E-state index contributed by atoms with van der Waals surface area (Å²) in [7, 11) is 0. The zero-order valence-electron chi connectivity index (χ0n) is 13.5. The number of ether oxygens (including phenoxy) is 2. The van der Waals surface area contributed by atoms with Crippen LogP contribution < -0.4 is 5.32 Å². The molecule has 0 bridgehead atoms. The fraction of sp³-hybridized carbons (Fsp3) is 0.611. The largest absolute Gasteiger partial charge is 0.376 e. The Morgan fingerprint density at radius 2 is 2.09 bits per heavy atom. The van der Waals surface area contributed by atoms with E-state index in [9.17, 15) is 9.18 Å². The van der Waals surface area contributed by atoms with Gasteiger partial charge in [-0.2, -0.15) is 0 Å². The Kier molecular flexibility index (Phi) is 5.28. The first-order valence-electron chi connectivity index (χ1n) is 8.42. The molecule has 3 rings (SSSR count). The van der Waals surface area contributed by atoms with E-state index in [0.29, 0.717) is 12.5 Å². The van der Waals surface area contributed by atoms with E-state index in [4.69, 9.17) is 9.47 Å². The molecule has 23 heavy (non-hydrogen) atoms. The van der Waals surface area contributed by atoms with Crippen LogP contribution >= 0.6 is 0 Å². The first kappa shape index (κ1) is 16.4. The van der Waals surface area contributed by atoms with E-state index in [0.717, 1.165) is 37.9 Å². The smallest absolute Gasteiger partial charge is 0.249 e. The SMILES string of the molecule is C[C@H](OC[C@H]1CCCO1)C(=O)N[C@@H](c1ccc(F)cc1)C1CC1. The number of carbonyl (C=O) groups is 1. The van der Waals surface area contributed by atoms with Gasteiger partial charge in [0.25, 0.3) is 0 Å². The Balaban J connectivity index is 1.54. The zero-order valence-corrected chi connectivity index (χ0v) is 13.5. The van der Waals surface area contributed by atoms with Crippen molar-refractivity contribution < 1.29 is 18.7 Å². The van der Waals surface area contributed by atoms with Gasteiger partial charge in [0.15, 0.2) is 0 Å². The lowest BCUT2D eigenvalue weighted by Gasteiger charge is -2.22.